The lowest BCUT2D eigenvalue weighted by atomic mass is 10.2. The average Bonchev–Trinajstić information content (AvgIpc) is 2.70. The van der Waals surface area contributed by atoms with E-state index in [0.717, 1.165) is 0 Å². The van der Waals surface area contributed by atoms with Crippen LogP contribution in [-0.2, 0) is 0 Å². The minimum Gasteiger partial charge on any atom is -0.355 e. The molecular weight excluding hydrogens is 182 g/mol. The monoisotopic (exact) mass is 193 g/mol. The van der Waals surface area contributed by atoms with Crippen LogP contribution in [0.2, 0.25) is 0 Å². The molecule has 3 aromatic rings. The van der Waals surface area contributed by atoms with E-state index >= 15 is 0 Å². The first-order valence-electron chi connectivity index (χ1n) is 4.74. The SMILES string of the molecule is C#C.c1ccc2c(c1)[nH]c1ccccc12. The molecule has 0 fully saturated rings. The number of hydrogen-bond acceptors (Lipinski definition) is 0. The van der Waals surface area contributed by atoms with Gasteiger partial charge in [-0.25, -0.2) is 0 Å². The highest BCUT2D eigenvalue weighted by Gasteiger charge is 2.00. The van der Waals surface area contributed by atoms with Gasteiger partial charge in [-0.3, -0.25) is 0 Å². The molecule has 0 spiro atoms. The molecule has 1 aromatic heterocycles. The summed E-state index contributed by atoms with van der Waals surface area (Å²) >= 11 is 0. The van der Waals surface area contributed by atoms with Gasteiger partial charge in [0.25, 0.3) is 0 Å². The van der Waals surface area contributed by atoms with Crippen molar-refractivity contribution in [3.8, 4) is 12.8 Å². The molecule has 0 atom stereocenters. The molecule has 0 aliphatic rings. The highest BCUT2D eigenvalue weighted by Crippen LogP contribution is 2.24. The summed E-state index contributed by atoms with van der Waals surface area (Å²) in [5.41, 5.74) is 2.42. The Bertz CT molecular complexity index is 552. The van der Waals surface area contributed by atoms with Crippen molar-refractivity contribution in [1.82, 2.24) is 4.98 Å². The fourth-order valence-electron chi connectivity index (χ4n) is 1.80. The van der Waals surface area contributed by atoms with E-state index in [9.17, 15) is 0 Å². The second-order valence-corrected chi connectivity index (χ2v) is 3.22. The molecule has 0 radical (unpaired) electrons. The quantitative estimate of drug-likeness (QED) is 0.525. The van der Waals surface area contributed by atoms with Crippen LogP contribution in [0.3, 0.4) is 0 Å². The van der Waals surface area contributed by atoms with Crippen molar-refractivity contribution in [2.45, 2.75) is 0 Å². The fourth-order valence-corrected chi connectivity index (χ4v) is 1.80. The van der Waals surface area contributed by atoms with E-state index in [4.69, 9.17) is 0 Å². The Hall–Kier alpha value is -2.20. The topological polar surface area (TPSA) is 15.8 Å². The first kappa shape index (κ1) is 9.36. The minimum atomic E-state index is 1.21. The third kappa shape index (κ3) is 1.47. The summed E-state index contributed by atoms with van der Waals surface area (Å²) in [6.45, 7) is 0. The number of nitrogens with one attached hydrogen (secondary N) is 1. The molecule has 1 N–H and O–H groups in total. The average molecular weight is 193 g/mol. The lowest BCUT2D eigenvalue weighted by Crippen LogP contribution is -1.62. The normalized spacial score (nSPS) is 9.73. The number of aromatic nitrogens is 1. The summed E-state index contributed by atoms with van der Waals surface area (Å²) in [6, 6.07) is 16.8. The van der Waals surface area contributed by atoms with Gasteiger partial charge in [0.2, 0.25) is 0 Å². The zero-order valence-corrected chi connectivity index (χ0v) is 8.27. The molecule has 2 aromatic carbocycles. The lowest BCUT2D eigenvalue weighted by molar-refractivity contribution is 1.55. The predicted octanol–water partition coefficient (Wildman–Crippen LogP) is 3.57. The van der Waals surface area contributed by atoms with Crippen LogP contribution < -0.4 is 0 Å². The second-order valence-electron chi connectivity index (χ2n) is 3.22. The van der Waals surface area contributed by atoms with E-state index in [0.29, 0.717) is 0 Å². The summed E-state index contributed by atoms with van der Waals surface area (Å²) in [4.78, 5) is 3.38. The van der Waals surface area contributed by atoms with Crippen LogP contribution in [0.1, 0.15) is 0 Å². The van der Waals surface area contributed by atoms with Crippen molar-refractivity contribution in [3.05, 3.63) is 48.5 Å². The van der Waals surface area contributed by atoms with Gasteiger partial charge in [0, 0.05) is 21.8 Å². The number of benzene rings is 2. The smallest absolute Gasteiger partial charge is 0.0464 e. The molecule has 0 amide bonds. The number of terminal acetylenes is 1. The number of aromatic amines is 1. The first-order valence-corrected chi connectivity index (χ1v) is 4.74. The van der Waals surface area contributed by atoms with E-state index in [2.05, 4.69) is 66.4 Å². The summed E-state index contributed by atoms with van der Waals surface area (Å²) in [5.74, 6) is 0. The van der Waals surface area contributed by atoms with Gasteiger partial charge in [0.15, 0.2) is 0 Å². The highest BCUT2D eigenvalue weighted by molar-refractivity contribution is 6.06. The van der Waals surface area contributed by atoms with Crippen molar-refractivity contribution in [2.24, 2.45) is 0 Å². The van der Waals surface area contributed by atoms with Crippen LogP contribution in [0.5, 0.6) is 0 Å². The van der Waals surface area contributed by atoms with E-state index in [1.54, 1.807) is 0 Å². The van der Waals surface area contributed by atoms with Gasteiger partial charge in [-0.2, -0.15) is 0 Å². The maximum Gasteiger partial charge on any atom is 0.0464 e. The standard InChI is InChI=1S/C12H9N.C2H2/c1-3-7-11-9(5-1)10-6-2-4-8-12(10)13-11;1-2/h1-8,13H;1-2H. The van der Waals surface area contributed by atoms with Crippen molar-refractivity contribution in [1.29, 1.82) is 0 Å². The molecular formula is C14H11N. The number of hydrogen-bond donors (Lipinski definition) is 1. The van der Waals surface area contributed by atoms with Gasteiger partial charge in [0.1, 0.15) is 0 Å². The van der Waals surface area contributed by atoms with Crippen LogP contribution in [0, 0.1) is 12.8 Å². The zero-order chi connectivity index (χ0) is 10.7. The second kappa shape index (κ2) is 3.89. The van der Waals surface area contributed by atoms with Gasteiger partial charge in [-0.05, 0) is 12.1 Å². The molecule has 0 bridgehead atoms. The van der Waals surface area contributed by atoms with Gasteiger partial charge >= 0.3 is 0 Å². The fraction of sp³-hybridized carbons (Fsp3) is 0. The molecule has 1 heteroatoms. The molecule has 3 rings (SSSR count). The Kier molecular flexibility index (Phi) is 2.43. The molecule has 0 unspecified atom stereocenters. The minimum absolute atomic E-state index is 1.21. The third-order valence-corrected chi connectivity index (χ3v) is 2.41. The lowest BCUT2D eigenvalue weighted by Gasteiger charge is -1.87. The predicted molar refractivity (Wildman–Crippen MR) is 65.7 cm³/mol. The largest absolute Gasteiger partial charge is 0.355 e. The number of para-hydroxylation sites is 2. The Morgan fingerprint density at radius 3 is 1.53 bits per heavy atom. The van der Waals surface area contributed by atoms with Crippen LogP contribution in [0.15, 0.2) is 48.5 Å². The summed E-state index contributed by atoms with van der Waals surface area (Å²) in [5, 5.41) is 2.61. The van der Waals surface area contributed by atoms with Crippen LogP contribution in [-0.4, -0.2) is 4.98 Å². The van der Waals surface area contributed by atoms with Gasteiger partial charge in [-0.1, -0.05) is 36.4 Å². The Morgan fingerprint density at radius 1 is 0.667 bits per heavy atom. The van der Waals surface area contributed by atoms with Crippen LogP contribution in [0.4, 0.5) is 0 Å². The van der Waals surface area contributed by atoms with E-state index in [1.807, 2.05) is 0 Å². The van der Waals surface area contributed by atoms with Gasteiger partial charge < -0.3 is 4.98 Å². The Balaban J connectivity index is 0.000000404. The molecule has 0 aliphatic carbocycles. The van der Waals surface area contributed by atoms with Gasteiger partial charge in [-0.15, -0.1) is 12.8 Å². The van der Waals surface area contributed by atoms with E-state index in [1.165, 1.54) is 21.8 Å². The molecule has 1 nitrogen and oxygen atoms in total. The number of H-pyrrole nitrogens is 1. The summed E-state index contributed by atoms with van der Waals surface area (Å²) in [7, 11) is 0. The van der Waals surface area contributed by atoms with E-state index in [-0.39, 0.29) is 0 Å². The molecule has 15 heavy (non-hydrogen) atoms. The van der Waals surface area contributed by atoms with Crippen molar-refractivity contribution in [3.63, 3.8) is 0 Å². The summed E-state index contributed by atoms with van der Waals surface area (Å²) in [6.07, 6.45) is 8.00. The molecule has 72 valence electrons. The van der Waals surface area contributed by atoms with Crippen molar-refractivity contribution >= 4 is 21.8 Å². The first-order chi connectivity index (χ1) is 7.45. The van der Waals surface area contributed by atoms with Crippen molar-refractivity contribution < 1.29 is 0 Å². The Labute approximate surface area is 88.7 Å². The number of fused-ring (bicyclic) bond motifs is 3. The van der Waals surface area contributed by atoms with Crippen LogP contribution >= 0.6 is 0 Å². The Morgan fingerprint density at radius 2 is 1.07 bits per heavy atom. The maximum absolute atomic E-state index is 4.00. The molecule has 0 saturated heterocycles. The van der Waals surface area contributed by atoms with E-state index < -0.39 is 0 Å². The maximum atomic E-state index is 4.00. The summed E-state index contributed by atoms with van der Waals surface area (Å²) < 4.78 is 0. The van der Waals surface area contributed by atoms with Crippen molar-refractivity contribution in [2.75, 3.05) is 0 Å². The molecule has 0 aliphatic heterocycles. The molecule has 1 heterocycles. The molecule has 0 saturated carbocycles. The third-order valence-electron chi connectivity index (χ3n) is 2.41. The highest BCUT2D eigenvalue weighted by atomic mass is 14.7. The van der Waals surface area contributed by atoms with Crippen LogP contribution in [0.25, 0.3) is 21.8 Å². The van der Waals surface area contributed by atoms with Gasteiger partial charge in [0.05, 0.1) is 0 Å². The zero-order valence-electron chi connectivity index (χ0n) is 8.27. The number of rotatable bonds is 0.